The number of rotatable bonds is 4. The summed E-state index contributed by atoms with van der Waals surface area (Å²) in [5, 5.41) is 10.1. The fourth-order valence-electron chi connectivity index (χ4n) is 2.05. The van der Waals surface area contributed by atoms with Crippen LogP contribution in [0.4, 0.5) is 0 Å². The Hall–Kier alpha value is -1.55. The molecule has 1 rings (SSSR count). The van der Waals surface area contributed by atoms with E-state index in [9.17, 15) is 14.7 Å². The number of carboxylic acids is 1. The lowest BCUT2D eigenvalue weighted by Gasteiger charge is -2.37. The summed E-state index contributed by atoms with van der Waals surface area (Å²) in [7, 11) is 1.49. The molecule has 0 aromatic heterocycles. The predicted octanol–water partition coefficient (Wildman–Crippen LogP) is 2.51. The number of likely N-dealkylation sites (N-methyl/N-ethyl adjacent to an activating group) is 1. The number of hydrogen-bond acceptors (Lipinski definition) is 2. The Morgan fingerprint density at radius 3 is 2.17 bits per heavy atom. The van der Waals surface area contributed by atoms with Gasteiger partial charge in [-0.05, 0) is 24.1 Å². The smallest absolute Gasteiger partial charge is 0.334 e. The van der Waals surface area contributed by atoms with Crippen LogP contribution in [0.25, 0.3) is 0 Å². The lowest BCUT2D eigenvalue weighted by atomic mass is 9.85. The number of halogens is 1. The van der Waals surface area contributed by atoms with Gasteiger partial charge in [-0.1, -0.05) is 30.7 Å². The average molecular weight is 270 g/mol. The highest BCUT2D eigenvalue weighted by Gasteiger charge is 2.44. The molecule has 0 saturated carbocycles. The highest BCUT2D eigenvalue weighted by Crippen LogP contribution is 2.32. The van der Waals surface area contributed by atoms with Crippen molar-refractivity contribution in [2.45, 2.75) is 25.8 Å². The monoisotopic (exact) mass is 269 g/mol. The van der Waals surface area contributed by atoms with E-state index in [1.807, 2.05) is 0 Å². The number of amides is 1. The molecular formula is C13H16ClNO3. The zero-order chi connectivity index (χ0) is 13.9. The highest BCUT2D eigenvalue weighted by atomic mass is 35.5. The maximum atomic E-state index is 11.7. The van der Waals surface area contributed by atoms with Gasteiger partial charge in [-0.2, -0.15) is 0 Å². The topological polar surface area (TPSA) is 57.6 Å². The fraction of sp³-hybridized carbons (Fsp3) is 0.385. The lowest BCUT2D eigenvalue weighted by molar-refractivity contribution is -0.158. The molecule has 0 aliphatic carbocycles. The van der Waals surface area contributed by atoms with Crippen molar-refractivity contribution in [3.05, 3.63) is 34.9 Å². The SMILES string of the molecule is CCC(C(=O)O)(c1ccc(Cl)cc1)N(C)C(C)=O. The van der Waals surface area contributed by atoms with Gasteiger partial charge in [0.25, 0.3) is 0 Å². The Morgan fingerprint density at radius 2 is 1.83 bits per heavy atom. The van der Waals surface area contributed by atoms with E-state index in [4.69, 9.17) is 11.6 Å². The summed E-state index contributed by atoms with van der Waals surface area (Å²) >= 11 is 5.80. The Morgan fingerprint density at radius 1 is 1.33 bits per heavy atom. The highest BCUT2D eigenvalue weighted by molar-refractivity contribution is 6.30. The van der Waals surface area contributed by atoms with Crippen molar-refractivity contribution in [1.82, 2.24) is 4.90 Å². The second-order valence-corrected chi connectivity index (χ2v) is 4.54. The maximum absolute atomic E-state index is 11.7. The van der Waals surface area contributed by atoms with Crippen molar-refractivity contribution in [1.29, 1.82) is 0 Å². The van der Waals surface area contributed by atoms with Crippen molar-refractivity contribution < 1.29 is 14.7 Å². The minimum atomic E-state index is -1.35. The van der Waals surface area contributed by atoms with Crippen molar-refractivity contribution in [3.63, 3.8) is 0 Å². The van der Waals surface area contributed by atoms with Gasteiger partial charge in [-0.15, -0.1) is 0 Å². The van der Waals surface area contributed by atoms with Gasteiger partial charge < -0.3 is 10.0 Å². The molecule has 0 aliphatic rings. The third kappa shape index (κ3) is 2.34. The van der Waals surface area contributed by atoms with Gasteiger partial charge >= 0.3 is 5.97 Å². The van der Waals surface area contributed by atoms with E-state index in [1.54, 1.807) is 31.2 Å². The Labute approximate surface area is 111 Å². The number of carbonyl (C=O) groups excluding carboxylic acids is 1. The molecule has 5 heteroatoms. The Bertz CT molecular complexity index is 458. The molecule has 0 heterocycles. The van der Waals surface area contributed by atoms with Gasteiger partial charge in [0.05, 0.1) is 0 Å². The van der Waals surface area contributed by atoms with Crippen LogP contribution in [0.5, 0.6) is 0 Å². The molecule has 1 aromatic rings. The Kier molecular flexibility index (Phi) is 4.35. The second-order valence-electron chi connectivity index (χ2n) is 4.10. The van der Waals surface area contributed by atoms with E-state index in [1.165, 1.54) is 18.9 Å². The summed E-state index contributed by atoms with van der Waals surface area (Å²) in [6.45, 7) is 3.09. The van der Waals surface area contributed by atoms with Crippen LogP contribution in [-0.2, 0) is 15.1 Å². The van der Waals surface area contributed by atoms with Gasteiger partial charge in [0, 0.05) is 19.0 Å². The van der Waals surface area contributed by atoms with Crippen LogP contribution in [0.2, 0.25) is 5.02 Å². The molecule has 18 heavy (non-hydrogen) atoms. The van der Waals surface area contributed by atoms with Crippen molar-refractivity contribution in [2.75, 3.05) is 7.05 Å². The quantitative estimate of drug-likeness (QED) is 0.914. The number of carbonyl (C=O) groups is 2. The summed E-state index contributed by atoms with van der Waals surface area (Å²) in [6.07, 6.45) is 0.278. The molecule has 0 saturated heterocycles. The first-order chi connectivity index (χ1) is 8.36. The average Bonchev–Trinajstić information content (AvgIpc) is 2.32. The number of aliphatic carboxylic acids is 1. The standard InChI is InChI=1S/C13H16ClNO3/c1-4-13(12(17)18,15(3)9(2)16)10-5-7-11(14)8-6-10/h5-8H,4H2,1-3H3,(H,17,18). The zero-order valence-electron chi connectivity index (χ0n) is 10.6. The summed E-state index contributed by atoms with van der Waals surface area (Å²) in [6, 6.07) is 6.52. The van der Waals surface area contributed by atoms with Gasteiger partial charge in [-0.3, -0.25) is 4.79 Å². The van der Waals surface area contributed by atoms with Crippen molar-refractivity contribution in [2.24, 2.45) is 0 Å². The third-order valence-electron chi connectivity index (χ3n) is 3.23. The van der Waals surface area contributed by atoms with Gasteiger partial charge in [-0.25, -0.2) is 4.79 Å². The number of carboxylic acid groups (broad SMARTS) is 1. The molecule has 1 amide bonds. The summed E-state index contributed by atoms with van der Waals surface area (Å²) in [5.74, 6) is -1.35. The number of nitrogens with zero attached hydrogens (tertiary/aromatic N) is 1. The van der Waals surface area contributed by atoms with E-state index >= 15 is 0 Å². The minimum absolute atomic E-state index is 0.278. The molecule has 0 fully saturated rings. The van der Waals surface area contributed by atoms with E-state index in [0.29, 0.717) is 10.6 Å². The first kappa shape index (κ1) is 14.5. The summed E-state index contributed by atoms with van der Waals surface area (Å²) < 4.78 is 0. The van der Waals surface area contributed by atoms with Crippen LogP contribution in [0.3, 0.4) is 0 Å². The second kappa shape index (κ2) is 5.40. The first-order valence-corrected chi connectivity index (χ1v) is 5.98. The third-order valence-corrected chi connectivity index (χ3v) is 3.48. The van der Waals surface area contributed by atoms with Crippen molar-refractivity contribution in [3.8, 4) is 0 Å². The largest absolute Gasteiger partial charge is 0.479 e. The van der Waals surface area contributed by atoms with E-state index < -0.39 is 11.5 Å². The van der Waals surface area contributed by atoms with Gasteiger partial charge in [0.2, 0.25) is 5.91 Å². The molecule has 0 radical (unpaired) electrons. The molecule has 0 spiro atoms. The van der Waals surface area contributed by atoms with Crippen LogP contribution in [0.15, 0.2) is 24.3 Å². The molecule has 1 aromatic carbocycles. The summed E-state index contributed by atoms with van der Waals surface area (Å²) in [4.78, 5) is 24.4. The zero-order valence-corrected chi connectivity index (χ0v) is 11.4. The van der Waals surface area contributed by atoms with Crippen LogP contribution < -0.4 is 0 Å². The predicted molar refractivity (Wildman–Crippen MR) is 69.5 cm³/mol. The van der Waals surface area contributed by atoms with E-state index in [0.717, 1.165) is 0 Å². The van der Waals surface area contributed by atoms with Crippen molar-refractivity contribution >= 4 is 23.5 Å². The molecule has 98 valence electrons. The summed E-state index contributed by atoms with van der Waals surface area (Å²) in [5.41, 5.74) is -0.809. The van der Waals surface area contributed by atoms with E-state index in [-0.39, 0.29) is 12.3 Å². The molecule has 1 unspecified atom stereocenters. The normalized spacial score (nSPS) is 13.8. The Balaban J connectivity index is 3.40. The molecular weight excluding hydrogens is 254 g/mol. The van der Waals surface area contributed by atoms with Crippen LogP contribution in [0.1, 0.15) is 25.8 Å². The number of hydrogen-bond donors (Lipinski definition) is 1. The lowest BCUT2D eigenvalue weighted by Crippen LogP contribution is -2.51. The fourth-order valence-corrected chi connectivity index (χ4v) is 2.17. The molecule has 1 atom stereocenters. The minimum Gasteiger partial charge on any atom is -0.479 e. The van der Waals surface area contributed by atoms with E-state index in [2.05, 4.69) is 0 Å². The molecule has 0 aliphatic heterocycles. The van der Waals surface area contributed by atoms with Crippen LogP contribution in [-0.4, -0.2) is 28.9 Å². The molecule has 4 nitrogen and oxygen atoms in total. The van der Waals surface area contributed by atoms with Crippen LogP contribution >= 0.6 is 11.6 Å². The molecule has 1 N–H and O–H groups in total. The number of benzene rings is 1. The van der Waals surface area contributed by atoms with Gasteiger partial charge in [0.1, 0.15) is 0 Å². The first-order valence-electron chi connectivity index (χ1n) is 5.60. The molecule has 0 bridgehead atoms. The maximum Gasteiger partial charge on any atom is 0.334 e. The van der Waals surface area contributed by atoms with Gasteiger partial charge in [0.15, 0.2) is 5.54 Å². The van der Waals surface area contributed by atoms with Crippen LogP contribution in [0, 0.1) is 0 Å².